The molecule has 1 aromatic heterocycles. The Morgan fingerprint density at radius 3 is 2.64 bits per heavy atom. The molecule has 1 heterocycles. The first-order valence-electron chi connectivity index (χ1n) is 4.55. The van der Waals surface area contributed by atoms with E-state index >= 15 is 0 Å². The number of rotatable bonds is 3. The first-order valence-corrected chi connectivity index (χ1v) is 4.55. The van der Waals surface area contributed by atoms with E-state index in [1.807, 2.05) is 6.20 Å². The molecule has 3 nitrogen and oxygen atoms in total. The zero-order valence-corrected chi connectivity index (χ0v) is 9.90. The van der Waals surface area contributed by atoms with Crippen LogP contribution in [0.5, 0.6) is 0 Å². The van der Waals surface area contributed by atoms with Gasteiger partial charge >= 0.3 is 0 Å². The van der Waals surface area contributed by atoms with Crippen molar-refractivity contribution in [3.8, 4) is 0 Å². The third kappa shape index (κ3) is 2.62. The van der Waals surface area contributed by atoms with E-state index in [-0.39, 0.29) is 24.8 Å². The molecule has 14 heavy (non-hydrogen) atoms. The lowest BCUT2D eigenvalue weighted by atomic mass is 10.4. The van der Waals surface area contributed by atoms with Crippen LogP contribution in [0.15, 0.2) is 6.20 Å². The number of hydrogen-bond acceptors (Lipinski definition) is 2. The molecule has 0 aromatic carbocycles. The molecule has 1 aromatic rings. The molecule has 0 spiro atoms. The Bertz CT molecular complexity index is 282. The lowest BCUT2D eigenvalue weighted by Crippen LogP contribution is -2.13. The van der Waals surface area contributed by atoms with Crippen molar-refractivity contribution in [2.45, 2.75) is 32.2 Å². The van der Waals surface area contributed by atoms with Crippen molar-refractivity contribution in [2.75, 3.05) is 6.54 Å². The monoisotopic (exact) mass is 237 g/mol. The molecule has 1 fully saturated rings. The number of nitrogens with zero attached hydrogens (tertiary/aromatic N) is 2. The zero-order chi connectivity index (χ0) is 8.55. The summed E-state index contributed by atoms with van der Waals surface area (Å²) in [5.41, 5.74) is 6.77. The molecule has 2 N–H and O–H groups in total. The molecule has 2 rings (SSSR count). The largest absolute Gasteiger partial charge is 0.331 e. The molecule has 1 aliphatic carbocycles. The Hall–Kier alpha value is -0.250. The van der Waals surface area contributed by atoms with Gasteiger partial charge in [0.1, 0.15) is 5.82 Å². The van der Waals surface area contributed by atoms with Crippen molar-refractivity contribution in [2.24, 2.45) is 5.73 Å². The third-order valence-electron chi connectivity index (χ3n) is 2.38. The van der Waals surface area contributed by atoms with Gasteiger partial charge in [-0.1, -0.05) is 0 Å². The maximum absolute atomic E-state index is 5.53. The van der Waals surface area contributed by atoms with Gasteiger partial charge in [-0.05, 0) is 19.8 Å². The van der Waals surface area contributed by atoms with Crippen molar-refractivity contribution in [3.63, 3.8) is 0 Å². The third-order valence-corrected chi connectivity index (χ3v) is 2.38. The van der Waals surface area contributed by atoms with Crippen molar-refractivity contribution < 1.29 is 0 Å². The summed E-state index contributed by atoms with van der Waals surface area (Å²) in [5, 5.41) is 0. The summed E-state index contributed by atoms with van der Waals surface area (Å²) in [7, 11) is 0. The highest BCUT2D eigenvalue weighted by molar-refractivity contribution is 5.85. The highest BCUT2D eigenvalue weighted by Gasteiger charge is 2.28. The zero-order valence-electron chi connectivity index (χ0n) is 8.27. The molecular weight excluding hydrogens is 221 g/mol. The van der Waals surface area contributed by atoms with E-state index in [1.165, 1.54) is 24.4 Å². The smallest absolute Gasteiger partial charge is 0.112 e. The molecule has 0 saturated heterocycles. The van der Waals surface area contributed by atoms with Gasteiger partial charge in [0.05, 0.1) is 0 Å². The molecule has 1 aliphatic rings. The van der Waals surface area contributed by atoms with Gasteiger partial charge in [-0.25, -0.2) is 4.98 Å². The Morgan fingerprint density at radius 1 is 1.50 bits per heavy atom. The topological polar surface area (TPSA) is 43.8 Å². The number of imidazole rings is 1. The van der Waals surface area contributed by atoms with Crippen LogP contribution in [0, 0.1) is 6.92 Å². The number of aromatic nitrogens is 2. The molecule has 0 atom stereocenters. The van der Waals surface area contributed by atoms with E-state index in [9.17, 15) is 0 Å². The van der Waals surface area contributed by atoms with Crippen molar-refractivity contribution in [1.82, 2.24) is 9.55 Å². The van der Waals surface area contributed by atoms with Gasteiger partial charge in [-0.3, -0.25) is 0 Å². The maximum atomic E-state index is 5.53. The second kappa shape index (κ2) is 5.59. The van der Waals surface area contributed by atoms with Gasteiger partial charge in [-0.2, -0.15) is 0 Å². The molecule has 82 valence electrons. The van der Waals surface area contributed by atoms with Crippen LogP contribution in [0.25, 0.3) is 0 Å². The number of nitrogens with two attached hydrogens (primary N) is 1. The molecule has 0 aliphatic heterocycles. The summed E-state index contributed by atoms with van der Waals surface area (Å²) in [5.74, 6) is 1.98. The van der Waals surface area contributed by atoms with E-state index in [2.05, 4.69) is 16.5 Å². The van der Waals surface area contributed by atoms with Crippen LogP contribution in [-0.2, 0) is 6.54 Å². The SMILES string of the molecule is Cc1cnc(C2CC2)n1CCN.Cl.Cl. The van der Waals surface area contributed by atoms with E-state index in [0.29, 0.717) is 6.54 Å². The fourth-order valence-electron chi connectivity index (χ4n) is 1.57. The van der Waals surface area contributed by atoms with E-state index in [1.54, 1.807) is 0 Å². The van der Waals surface area contributed by atoms with Crippen LogP contribution in [-0.4, -0.2) is 16.1 Å². The summed E-state index contributed by atoms with van der Waals surface area (Å²) in [6.07, 6.45) is 4.56. The Balaban J connectivity index is 0.000000845. The predicted octanol–water partition coefficient (Wildman–Crippen LogP) is 1.87. The van der Waals surface area contributed by atoms with Gasteiger partial charge in [0.15, 0.2) is 0 Å². The van der Waals surface area contributed by atoms with E-state index in [0.717, 1.165) is 12.5 Å². The summed E-state index contributed by atoms with van der Waals surface area (Å²) in [6.45, 7) is 3.71. The van der Waals surface area contributed by atoms with Crippen LogP contribution >= 0.6 is 24.8 Å². The first kappa shape index (κ1) is 13.8. The van der Waals surface area contributed by atoms with Gasteiger partial charge in [0.25, 0.3) is 0 Å². The Kier molecular flexibility index (Phi) is 5.49. The molecule has 0 bridgehead atoms. The average molecular weight is 238 g/mol. The van der Waals surface area contributed by atoms with E-state index < -0.39 is 0 Å². The van der Waals surface area contributed by atoms with Crippen molar-refractivity contribution in [3.05, 3.63) is 17.7 Å². The number of halogens is 2. The summed E-state index contributed by atoms with van der Waals surface area (Å²) < 4.78 is 2.25. The van der Waals surface area contributed by atoms with Crippen LogP contribution in [0.2, 0.25) is 0 Å². The molecule has 5 heteroatoms. The number of hydrogen-bond donors (Lipinski definition) is 1. The first-order chi connectivity index (χ1) is 5.83. The van der Waals surface area contributed by atoms with E-state index in [4.69, 9.17) is 5.73 Å². The van der Waals surface area contributed by atoms with Crippen LogP contribution in [0.4, 0.5) is 0 Å². The van der Waals surface area contributed by atoms with Crippen LogP contribution in [0.3, 0.4) is 0 Å². The quantitative estimate of drug-likeness (QED) is 0.873. The Morgan fingerprint density at radius 2 is 2.14 bits per heavy atom. The van der Waals surface area contributed by atoms with Crippen LogP contribution < -0.4 is 5.73 Å². The summed E-state index contributed by atoms with van der Waals surface area (Å²) >= 11 is 0. The summed E-state index contributed by atoms with van der Waals surface area (Å²) in [6, 6.07) is 0. The standard InChI is InChI=1S/C9H15N3.2ClH/c1-7-6-11-9(8-2-3-8)12(7)5-4-10;;/h6,8H,2-5,10H2,1H3;2*1H. The van der Waals surface area contributed by atoms with Crippen LogP contribution in [0.1, 0.15) is 30.3 Å². The minimum absolute atomic E-state index is 0. The van der Waals surface area contributed by atoms with Crippen molar-refractivity contribution in [1.29, 1.82) is 0 Å². The molecule has 1 saturated carbocycles. The lowest BCUT2D eigenvalue weighted by molar-refractivity contribution is 0.647. The number of aryl methyl sites for hydroxylation is 1. The second-order valence-corrected chi connectivity index (χ2v) is 3.47. The molecule has 0 radical (unpaired) electrons. The van der Waals surface area contributed by atoms with Gasteiger partial charge < -0.3 is 10.3 Å². The fraction of sp³-hybridized carbons (Fsp3) is 0.667. The fourth-order valence-corrected chi connectivity index (χ4v) is 1.57. The minimum Gasteiger partial charge on any atom is -0.331 e. The van der Waals surface area contributed by atoms with Crippen molar-refractivity contribution >= 4 is 24.8 Å². The highest BCUT2D eigenvalue weighted by Crippen LogP contribution is 2.39. The van der Waals surface area contributed by atoms with Gasteiger partial charge in [0.2, 0.25) is 0 Å². The summed E-state index contributed by atoms with van der Waals surface area (Å²) in [4.78, 5) is 4.40. The van der Waals surface area contributed by atoms with Gasteiger partial charge in [-0.15, -0.1) is 24.8 Å². The minimum atomic E-state index is 0. The Labute approximate surface area is 96.9 Å². The van der Waals surface area contributed by atoms with Gasteiger partial charge in [0, 0.05) is 30.9 Å². The molecule has 0 unspecified atom stereocenters. The average Bonchev–Trinajstić information content (AvgIpc) is 2.82. The maximum Gasteiger partial charge on any atom is 0.112 e. The molecular formula is C9H17Cl2N3. The molecule has 0 amide bonds. The second-order valence-electron chi connectivity index (χ2n) is 3.47. The predicted molar refractivity (Wildman–Crippen MR) is 62.5 cm³/mol. The normalized spacial score (nSPS) is 14.4. The lowest BCUT2D eigenvalue weighted by Gasteiger charge is -2.06. The highest BCUT2D eigenvalue weighted by atomic mass is 35.5.